The molecule has 0 radical (unpaired) electrons. The van der Waals surface area contributed by atoms with Crippen LogP contribution in [0, 0.1) is 11.8 Å². The van der Waals surface area contributed by atoms with E-state index in [1.54, 1.807) is 11.3 Å². The molecule has 0 aliphatic heterocycles. The highest BCUT2D eigenvalue weighted by Crippen LogP contribution is 2.17. The fourth-order valence-corrected chi connectivity index (χ4v) is 2.51. The van der Waals surface area contributed by atoms with Gasteiger partial charge in [-0.1, -0.05) is 25.2 Å². The number of ether oxygens (including phenoxy) is 1. The number of carbonyl (C=O) groups is 1. The smallest absolute Gasteiger partial charge is 0.407 e. The molecule has 0 atom stereocenters. The van der Waals surface area contributed by atoms with E-state index in [1.165, 1.54) is 18.4 Å². The van der Waals surface area contributed by atoms with Crippen LogP contribution in [0.15, 0.2) is 11.4 Å². The number of hydrogen-bond donors (Lipinski definition) is 1. The Kier molecular flexibility index (Phi) is 7.31. The quantitative estimate of drug-likeness (QED) is 0.648. The van der Waals surface area contributed by atoms with Gasteiger partial charge in [0.25, 0.3) is 0 Å². The third-order valence-electron chi connectivity index (χ3n) is 2.67. The number of carbonyl (C=O) groups excluding carboxylic acids is 1. The molecule has 0 saturated heterocycles. The Labute approximate surface area is 132 Å². The minimum absolute atomic E-state index is 0.385. The van der Waals surface area contributed by atoms with Crippen LogP contribution in [0.1, 0.15) is 57.4 Å². The third kappa shape index (κ3) is 7.77. The number of amides is 1. The highest BCUT2D eigenvalue weighted by molar-refractivity contribution is 7.10. The molecule has 0 unspecified atom stereocenters. The monoisotopic (exact) mass is 307 g/mol. The van der Waals surface area contributed by atoms with E-state index >= 15 is 0 Å². The minimum atomic E-state index is -0.457. The van der Waals surface area contributed by atoms with Crippen molar-refractivity contribution in [3.63, 3.8) is 0 Å². The van der Waals surface area contributed by atoms with Crippen molar-refractivity contribution < 1.29 is 9.53 Å². The molecule has 1 aromatic heterocycles. The van der Waals surface area contributed by atoms with Gasteiger partial charge >= 0.3 is 6.09 Å². The SMILES string of the molecule is CCCCc1ccsc1C#CCCNC(=O)OC(C)(C)C. The van der Waals surface area contributed by atoms with E-state index < -0.39 is 5.60 Å². The molecule has 1 heterocycles. The predicted molar refractivity (Wildman–Crippen MR) is 88.7 cm³/mol. The van der Waals surface area contributed by atoms with E-state index in [-0.39, 0.29) is 6.09 Å². The average molecular weight is 307 g/mol. The van der Waals surface area contributed by atoms with Gasteiger partial charge in [-0.05, 0) is 50.6 Å². The lowest BCUT2D eigenvalue weighted by Gasteiger charge is -2.19. The van der Waals surface area contributed by atoms with Crippen LogP contribution in [0.4, 0.5) is 4.79 Å². The molecular formula is C17H25NO2S. The highest BCUT2D eigenvalue weighted by Gasteiger charge is 2.15. The average Bonchev–Trinajstić information content (AvgIpc) is 2.81. The van der Waals surface area contributed by atoms with Gasteiger partial charge in [-0.15, -0.1) is 11.3 Å². The molecule has 1 amide bonds. The Balaban J connectivity index is 2.33. The zero-order valence-corrected chi connectivity index (χ0v) is 14.2. The van der Waals surface area contributed by atoms with Gasteiger partial charge in [0.2, 0.25) is 0 Å². The van der Waals surface area contributed by atoms with Crippen LogP contribution in [0.25, 0.3) is 0 Å². The third-order valence-corrected chi connectivity index (χ3v) is 3.54. The summed E-state index contributed by atoms with van der Waals surface area (Å²) >= 11 is 1.69. The maximum Gasteiger partial charge on any atom is 0.407 e. The molecular weight excluding hydrogens is 282 g/mol. The second-order valence-electron chi connectivity index (χ2n) is 5.86. The van der Waals surface area contributed by atoms with Crippen LogP contribution in [-0.4, -0.2) is 18.2 Å². The van der Waals surface area contributed by atoms with Gasteiger partial charge in [0.05, 0.1) is 4.88 Å². The van der Waals surface area contributed by atoms with Crippen molar-refractivity contribution in [1.82, 2.24) is 5.32 Å². The molecule has 4 heteroatoms. The summed E-state index contributed by atoms with van der Waals surface area (Å²) in [6.07, 6.45) is 3.74. The van der Waals surface area contributed by atoms with E-state index in [9.17, 15) is 4.79 Å². The van der Waals surface area contributed by atoms with Crippen molar-refractivity contribution in [1.29, 1.82) is 0 Å². The van der Waals surface area contributed by atoms with Gasteiger partial charge in [0, 0.05) is 13.0 Å². The molecule has 0 aromatic carbocycles. The first-order chi connectivity index (χ1) is 9.92. The lowest BCUT2D eigenvalue weighted by molar-refractivity contribution is 0.0529. The van der Waals surface area contributed by atoms with Crippen LogP contribution < -0.4 is 5.32 Å². The summed E-state index contributed by atoms with van der Waals surface area (Å²) in [5.74, 6) is 6.31. The van der Waals surface area contributed by atoms with Gasteiger partial charge in [-0.3, -0.25) is 0 Å². The van der Waals surface area contributed by atoms with Crippen molar-refractivity contribution >= 4 is 17.4 Å². The Bertz CT molecular complexity index is 503. The Morgan fingerprint density at radius 3 is 2.86 bits per heavy atom. The molecule has 116 valence electrons. The van der Waals surface area contributed by atoms with E-state index in [1.807, 2.05) is 20.8 Å². The first-order valence-corrected chi connectivity index (χ1v) is 8.32. The zero-order chi connectivity index (χ0) is 15.7. The highest BCUT2D eigenvalue weighted by atomic mass is 32.1. The number of aryl methyl sites for hydroxylation is 1. The van der Waals surface area contributed by atoms with E-state index in [4.69, 9.17) is 4.74 Å². The molecule has 0 aliphatic carbocycles. The molecule has 21 heavy (non-hydrogen) atoms. The van der Waals surface area contributed by atoms with E-state index in [0.717, 1.165) is 11.3 Å². The van der Waals surface area contributed by atoms with Crippen molar-refractivity contribution in [2.45, 2.75) is 59.0 Å². The summed E-state index contributed by atoms with van der Waals surface area (Å²) in [5, 5.41) is 4.80. The van der Waals surface area contributed by atoms with E-state index in [0.29, 0.717) is 13.0 Å². The summed E-state index contributed by atoms with van der Waals surface area (Å²) < 4.78 is 5.16. The molecule has 1 aromatic rings. The summed E-state index contributed by atoms with van der Waals surface area (Å²) in [7, 11) is 0. The Morgan fingerprint density at radius 1 is 1.43 bits per heavy atom. The van der Waals surface area contributed by atoms with Crippen LogP contribution in [0.5, 0.6) is 0 Å². The predicted octanol–water partition coefficient (Wildman–Crippen LogP) is 4.36. The maximum atomic E-state index is 11.4. The van der Waals surface area contributed by atoms with Crippen LogP contribution >= 0.6 is 11.3 Å². The number of unbranched alkanes of at least 4 members (excludes halogenated alkanes) is 1. The van der Waals surface area contributed by atoms with Crippen LogP contribution in [-0.2, 0) is 11.2 Å². The molecule has 3 nitrogen and oxygen atoms in total. The number of alkyl carbamates (subject to hydrolysis) is 1. The molecule has 0 saturated carbocycles. The number of rotatable bonds is 5. The van der Waals surface area contributed by atoms with Gasteiger partial charge in [0.1, 0.15) is 5.60 Å². The van der Waals surface area contributed by atoms with Crippen molar-refractivity contribution in [2.75, 3.05) is 6.54 Å². The summed E-state index contributed by atoms with van der Waals surface area (Å²) in [4.78, 5) is 12.6. The van der Waals surface area contributed by atoms with Gasteiger partial charge < -0.3 is 10.1 Å². The van der Waals surface area contributed by atoms with E-state index in [2.05, 4.69) is 35.5 Å². The van der Waals surface area contributed by atoms with Gasteiger partial charge in [-0.25, -0.2) is 4.79 Å². The molecule has 0 aliphatic rings. The second-order valence-corrected chi connectivity index (χ2v) is 6.78. The normalized spacial score (nSPS) is 10.7. The Hall–Kier alpha value is -1.47. The minimum Gasteiger partial charge on any atom is -0.444 e. The van der Waals surface area contributed by atoms with Crippen LogP contribution in [0.3, 0.4) is 0 Å². The number of hydrogen-bond acceptors (Lipinski definition) is 3. The lowest BCUT2D eigenvalue weighted by Crippen LogP contribution is -2.32. The van der Waals surface area contributed by atoms with Gasteiger partial charge in [-0.2, -0.15) is 0 Å². The number of nitrogens with one attached hydrogen (secondary N) is 1. The van der Waals surface area contributed by atoms with Crippen molar-refractivity contribution in [3.05, 3.63) is 21.9 Å². The first-order valence-electron chi connectivity index (χ1n) is 7.44. The fraction of sp³-hybridized carbons (Fsp3) is 0.588. The molecule has 0 fully saturated rings. The fourth-order valence-electron chi connectivity index (χ4n) is 1.69. The van der Waals surface area contributed by atoms with Crippen molar-refractivity contribution in [2.24, 2.45) is 0 Å². The van der Waals surface area contributed by atoms with Crippen molar-refractivity contribution in [3.8, 4) is 11.8 Å². The summed E-state index contributed by atoms with van der Waals surface area (Å²) in [5.41, 5.74) is 0.885. The molecule has 0 spiro atoms. The molecule has 0 bridgehead atoms. The summed E-state index contributed by atoms with van der Waals surface area (Å²) in [6.45, 7) is 8.25. The Morgan fingerprint density at radius 2 is 2.19 bits per heavy atom. The zero-order valence-electron chi connectivity index (χ0n) is 13.4. The first kappa shape index (κ1) is 17.6. The second kappa shape index (κ2) is 8.74. The topological polar surface area (TPSA) is 38.3 Å². The molecule has 1 rings (SSSR count). The number of thiophene rings is 1. The molecule has 1 N–H and O–H groups in total. The van der Waals surface area contributed by atoms with Crippen LogP contribution in [0.2, 0.25) is 0 Å². The lowest BCUT2D eigenvalue weighted by atomic mass is 10.1. The maximum absolute atomic E-state index is 11.4. The summed E-state index contributed by atoms with van der Waals surface area (Å²) in [6, 6.07) is 2.16. The van der Waals surface area contributed by atoms with Gasteiger partial charge in [0.15, 0.2) is 0 Å². The standard InChI is InChI=1S/C17H25NO2S/c1-5-6-9-14-11-13-21-15(14)10-7-8-12-18-16(19)20-17(2,3)4/h11,13H,5-6,8-9,12H2,1-4H3,(H,18,19). The largest absolute Gasteiger partial charge is 0.444 e.